The molecule has 2 atom stereocenters. The van der Waals surface area contributed by atoms with Crippen molar-refractivity contribution in [3.63, 3.8) is 0 Å². The zero-order chi connectivity index (χ0) is 64.9. The molecule has 0 aromatic heterocycles. The lowest BCUT2D eigenvalue weighted by Gasteiger charge is -2.22. The Morgan fingerprint density at radius 3 is 0.789 bits per heavy atom. The van der Waals surface area contributed by atoms with Crippen molar-refractivity contribution in [2.45, 2.75) is 501 Å². The highest BCUT2D eigenvalue weighted by atomic mass is 16.5. The van der Waals surface area contributed by atoms with Crippen molar-refractivity contribution in [2.24, 2.45) is 0 Å². The van der Waals surface area contributed by atoms with E-state index in [0.29, 0.717) is 25.9 Å². The van der Waals surface area contributed by atoms with Crippen LogP contribution in [0.4, 0.5) is 0 Å². The smallest absolute Gasteiger partial charge is 0.305 e. The summed E-state index contributed by atoms with van der Waals surface area (Å²) in [5.74, 6) is -0.00140. The number of aliphatic hydroxyl groups is 2. The van der Waals surface area contributed by atoms with Gasteiger partial charge in [-0.1, -0.05) is 437 Å². The lowest BCUT2D eigenvalue weighted by atomic mass is 10.0. The van der Waals surface area contributed by atoms with Crippen LogP contribution in [0.5, 0.6) is 0 Å². The van der Waals surface area contributed by atoms with Gasteiger partial charge in [-0.05, 0) is 51.4 Å². The molecule has 0 saturated heterocycles. The average molecular weight is 1270 g/mol. The van der Waals surface area contributed by atoms with Gasteiger partial charge in [-0.2, -0.15) is 0 Å². The Morgan fingerprint density at radius 2 is 0.522 bits per heavy atom. The Bertz CT molecular complexity index is 1370. The Balaban J connectivity index is 3.31. The van der Waals surface area contributed by atoms with Gasteiger partial charge in [0.25, 0.3) is 0 Å². The predicted octanol–water partition coefficient (Wildman–Crippen LogP) is 27.8. The summed E-state index contributed by atoms with van der Waals surface area (Å²) in [7, 11) is 0. The van der Waals surface area contributed by atoms with Crippen molar-refractivity contribution in [3.05, 3.63) is 12.2 Å². The molecule has 0 heterocycles. The second-order valence-electron chi connectivity index (χ2n) is 29.2. The summed E-state index contributed by atoms with van der Waals surface area (Å²) in [4.78, 5) is 24.7. The van der Waals surface area contributed by atoms with E-state index in [4.69, 9.17) is 4.74 Å². The van der Waals surface area contributed by atoms with E-state index in [1.807, 2.05) is 0 Å². The molecule has 0 aromatic carbocycles. The molecule has 0 aliphatic heterocycles. The molecule has 0 aliphatic rings. The van der Waals surface area contributed by atoms with E-state index in [1.54, 1.807) is 0 Å². The SMILES string of the molecule is CCCCCCCC/C=C\CCCCCCCCCCCC(=O)OCCCCCCCCCCCCCCCCCCCCCCCCCCCCCCCCCCCC(=O)NC(CO)C(O)CCCCCCCCCCCCCCCCCCCCCCC. The van der Waals surface area contributed by atoms with Gasteiger partial charge in [0.05, 0.1) is 25.4 Å². The van der Waals surface area contributed by atoms with E-state index >= 15 is 0 Å². The van der Waals surface area contributed by atoms with Crippen LogP contribution in [0.3, 0.4) is 0 Å². The molecular weight excluding hydrogens is 1100 g/mol. The molecule has 1 amide bonds. The fourth-order valence-corrected chi connectivity index (χ4v) is 13.7. The maximum Gasteiger partial charge on any atom is 0.305 e. The van der Waals surface area contributed by atoms with E-state index in [0.717, 1.165) is 38.5 Å². The van der Waals surface area contributed by atoms with Crippen LogP contribution < -0.4 is 5.32 Å². The number of rotatable bonds is 80. The van der Waals surface area contributed by atoms with Crippen molar-refractivity contribution in [2.75, 3.05) is 13.2 Å². The Hall–Kier alpha value is -1.40. The molecular formula is C84H165NO5. The lowest BCUT2D eigenvalue weighted by Crippen LogP contribution is -2.45. The largest absolute Gasteiger partial charge is 0.466 e. The first-order valence-corrected chi connectivity index (χ1v) is 41.9. The van der Waals surface area contributed by atoms with Crippen LogP contribution in [0, 0.1) is 0 Å². The van der Waals surface area contributed by atoms with E-state index in [1.165, 1.54) is 417 Å². The first-order chi connectivity index (χ1) is 44.5. The van der Waals surface area contributed by atoms with Gasteiger partial charge in [0.1, 0.15) is 0 Å². The predicted molar refractivity (Wildman–Crippen MR) is 398 cm³/mol. The zero-order valence-corrected chi connectivity index (χ0v) is 61.7. The van der Waals surface area contributed by atoms with Crippen molar-refractivity contribution in [3.8, 4) is 0 Å². The fraction of sp³-hybridized carbons (Fsp3) is 0.952. The summed E-state index contributed by atoms with van der Waals surface area (Å²) >= 11 is 0. The Labute approximate surface area is 565 Å². The molecule has 0 spiro atoms. The Kier molecular flexibility index (Phi) is 78.8. The maximum atomic E-state index is 12.6. The highest BCUT2D eigenvalue weighted by Crippen LogP contribution is 2.21. The monoisotopic (exact) mass is 1270 g/mol. The quantitative estimate of drug-likeness (QED) is 0.0320. The molecule has 6 nitrogen and oxygen atoms in total. The summed E-state index contributed by atoms with van der Waals surface area (Å²) in [6, 6.07) is -0.538. The zero-order valence-electron chi connectivity index (χ0n) is 61.7. The third-order valence-electron chi connectivity index (χ3n) is 20.1. The topological polar surface area (TPSA) is 95.9 Å². The Morgan fingerprint density at radius 1 is 0.300 bits per heavy atom. The standard InChI is InChI=1S/C84H165NO5/c1-3-5-7-9-11-13-15-17-19-21-23-37-41-44-48-52-56-60-64-68-72-76-82(87)81(80-86)85-83(88)77-73-69-65-61-57-53-49-45-42-38-35-33-31-29-27-25-24-26-28-30-32-34-36-39-43-47-51-55-59-63-67-71-75-79-90-84(89)78-74-70-66-62-58-54-50-46-40-22-20-18-16-14-12-10-8-6-4-2/h18,20,81-82,86-87H,3-17,19,21-80H2,1-2H3,(H,85,88)/b20-18-. The van der Waals surface area contributed by atoms with Crippen LogP contribution in [0.25, 0.3) is 0 Å². The number of esters is 1. The minimum Gasteiger partial charge on any atom is -0.466 e. The van der Waals surface area contributed by atoms with Gasteiger partial charge in [-0.25, -0.2) is 0 Å². The number of amides is 1. The molecule has 6 heteroatoms. The number of hydrogen-bond donors (Lipinski definition) is 3. The lowest BCUT2D eigenvalue weighted by molar-refractivity contribution is -0.143. The normalized spacial score (nSPS) is 12.4. The summed E-state index contributed by atoms with van der Waals surface area (Å²) in [6.07, 6.45) is 102. The van der Waals surface area contributed by atoms with Crippen LogP contribution in [-0.2, 0) is 14.3 Å². The number of unbranched alkanes of at least 4 members (excludes halogenated alkanes) is 67. The van der Waals surface area contributed by atoms with Crippen molar-refractivity contribution in [1.82, 2.24) is 5.32 Å². The van der Waals surface area contributed by atoms with E-state index in [9.17, 15) is 19.8 Å². The number of nitrogens with one attached hydrogen (secondary N) is 1. The van der Waals surface area contributed by atoms with E-state index in [2.05, 4.69) is 31.3 Å². The maximum absolute atomic E-state index is 12.6. The minimum atomic E-state index is -0.661. The molecule has 0 fully saturated rings. The molecule has 0 bridgehead atoms. The van der Waals surface area contributed by atoms with Crippen LogP contribution in [0.15, 0.2) is 12.2 Å². The van der Waals surface area contributed by atoms with Gasteiger partial charge in [-0.15, -0.1) is 0 Å². The van der Waals surface area contributed by atoms with Crippen molar-refractivity contribution in [1.29, 1.82) is 0 Å². The van der Waals surface area contributed by atoms with Crippen LogP contribution in [0.2, 0.25) is 0 Å². The van der Waals surface area contributed by atoms with Gasteiger partial charge in [-0.3, -0.25) is 9.59 Å². The van der Waals surface area contributed by atoms with Crippen LogP contribution in [0.1, 0.15) is 489 Å². The average Bonchev–Trinajstić information content (AvgIpc) is 3.65. The molecule has 0 aromatic rings. The van der Waals surface area contributed by atoms with Crippen molar-refractivity contribution >= 4 is 11.9 Å². The first kappa shape index (κ1) is 88.6. The third kappa shape index (κ3) is 75.6. The van der Waals surface area contributed by atoms with E-state index < -0.39 is 12.1 Å². The number of carbonyl (C=O) groups is 2. The van der Waals surface area contributed by atoms with Crippen LogP contribution >= 0.6 is 0 Å². The summed E-state index contributed by atoms with van der Waals surface area (Å²) in [5.41, 5.74) is 0. The number of ether oxygens (including phenoxy) is 1. The van der Waals surface area contributed by atoms with E-state index in [-0.39, 0.29) is 18.5 Å². The third-order valence-corrected chi connectivity index (χ3v) is 20.1. The summed E-state index contributed by atoms with van der Waals surface area (Å²) < 4.78 is 5.52. The molecule has 0 radical (unpaired) electrons. The minimum absolute atomic E-state index is 0.0228. The molecule has 536 valence electrons. The first-order valence-electron chi connectivity index (χ1n) is 41.9. The number of aliphatic hydroxyl groups excluding tert-OH is 2. The molecule has 3 N–H and O–H groups in total. The van der Waals surface area contributed by atoms with Crippen molar-refractivity contribution < 1.29 is 24.5 Å². The van der Waals surface area contributed by atoms with Gasteiger partial charge in [0.15, 0.2) is 0 Å². The highest BCUT2D eigenvalue weighted by molar-refractivity contribution is 5.76. The van der Waals surface area contributed by atoms with Gasteiger partial charge in [0, 0.05) is 12.8 Å². The molecule has 0 rings (SSSR count). The number of allylic oxidation sites excluding steroid dienone is 2. The van der Waals surface area contributed by atoms with Gasteiger partial charge < -0.3 is 20.3 Å². The molecule has 0 aliphatic carbocycles. The fourth-order valence-electron chi connectivity index (χ4n) is 13.7. The molecule has 90 heavy (non-hydrogen) atoms. The van der Waals surface area contributed by atoms with Gasteiger partial charge in [0.2, 0.25) is 5.91 Å². The molecule has 0 saturated carbocycles. The van der Waals surface area contributed by atoms with Gasteiger partial charge >= 0.3 is 5.97 Å². The second kappa shape index (κ2) is 80.0. The number of hydrogen-bond acceptors (Lipinski definition) is 5. The highest BCUT2D eigenvalue weighted by Gasteiger charge is 2.20. The number of carbonyl (C=O) groups excluding carboxylic acids is 2. The molecule has 2 unspecified atom stereocenters. The second-order valence-corrected chi connectivity index (χ2v) is 29.2. The van der Waals surface area contributed by atoms with Crippen LogP contribution in [-0.4, -0.2) is 47.4 Å². The summed E-state index contributed by atoms with van der Waals surface area (Å²) in [5, 5.41) is 23.5. The summed E-state index contributed by atoms with van der Waals surface area (Å²) in [6.45, 7) is 5.01.